The Balaban J connectivity index is 0.00000392. The number of hydrogen-bond donors (Lipinski definition) is 2. The molecule has 1 fully saturated rings. The van der Waals surface area contributed by atoms with Crippen LogP contribution in [0.15, 0.2) is 35.3 Å². The second-order valence-electron chi connectivity index (χ2n) is 8.21. The normalized spacial score (nSPS) is 16.4. The summed E-state index contributed by atoms with van der Waals surface area (Å²) in [4.78, 5) is 6.75. The minimum absolute atomic E-state index is 0. The van der Waals surface area contributed by atoms with E-state index in [0.29, 0.717) is 19.0 Å². The van der Waals surface area contributed by atoms with Crippen LogP contribution in [-0.4, -0.2) is 59.1 Å². The lowest BCUT2D eigenvalue weighted by Crippen LogP contribution is -2.50. The minimum Gasteiger partial charge on any atom is -0.371 e. The third-order valence-corrected chi connectivity index (χ3v) is 6.01. The van der Waals surface area contributed by atoms with Gasteiger partial charge in [0, 0.05) is 44.7 Å². The van der Waals surface area contributed by atoms with Gasteiger partial charge < -0.3 is 15.5 Å². The zero-order chi connectivity index (χ0) is 19.9. The van der Waals surface area contributed by atoms with E-state index in [0.717, 1.165) is 31.9 Å². The van der Waals surface area contributed by atoms with Crippen molar-refractivity contribution in [3.05, 3.63) is 30.3 Å². The Kier molecular flexibility index (Phi) is 10.0. The number of nitrogens with zero attached hydrogens (tertiary/aromatic N) is 2. The predicted molar refractivity (Wildman–Crippen MR) is 130 cm³/mol. The highest BCUT2D eigenvalue weighted by Crippen LogP contribution is 2.21. The van der Waals surface area contributed by atoms with Crippen molar-refractivity contribution in [3.8, 4) is 0 Å². The molecule has 2 rings (SSSR count). The zero-order valence-corrected chi connectivity index (χ0v) is 20.6. The largest absolute Gasteiger partial charge is 0.371 e. The Bertz CT molecular complexity index is 715. The van der Waals surface area contributed by atoms with Gasteiger partial charge in [-0.15, -0.1) is 24.0 Å². The average Bonchev–Trinajstić information content (AvgIpc) is 2.64. The van der Waals surface area contributed by atoms with Crippen LogP contribution in [0.1, 0.15) is 33.1 Å². The van der Waals surface area contributed by atoms with Crippen LogP contribution in [0.5, 0.6) is 0 Å². The molecular weight excluding hydrogens is 487 g/mol. The minimum atomic E-state index is -2.93. The summed E-state index contributed by atoms with van der Waals surface area (Å²) in [6.07, 6.45) is 4.05. The van der Waals surface area contributed by atoms with Gasteiger partial charge in [0.25, 0.3) is 0 Å². The van der Waals surface area contributed by atoms with Gasteiger partial charge in [-0.05, 0) is 36.8 Å². The third kappa shape index (κ3) is 8.98. The molecule has 0 aliphatic carbocycles. The fourth-order valence-electron chi connectivity index (χ4n) is 3.18. The number of aliphatic imine (C=N–C) groups is 1. The summed E-state index contributed by atoms with van der Waals surface area (Å²) in [6.45, 7) is 6.90. The van der Waals surface area contributed by atoms with E-state index in [9.17, 15) is 8.42 Å². The number of guanidine groups is 1. The van der Waals surface area contributed by atoms with E-state index in [-0.39, 0.29) is 35.1 Å². The third-order valence-electron chi connectivity index (χ3n) is 5.06. The van der Waals surface area contributed by atoms with Gasteiger partial charge in [-0.2, -0.15) is 0 Å². The number of sulfone groups is 1. The lowest BCUT2D eigenvalue weighted by atomic mass is 9.90. The van der Waals surface area contributed by atoms with Crippen molar-refractivity contribution in [2.24, 2.45) is 10.4 Å². The summed E-state index contributed by atoms with van der Waals surface area (Å²) < 4.78 is 22.8. The van der Waals surface area contributed by atoms with E-state index in [1.807, 2.05) is 6.07 Å². The average molecular weight is 522 g/mol. The molecule has 160 valence electrons. The number of benzene rings is 1. The quantitative estimate of drug-likeness (QED) is 0.328. The number of rotatable bonds is 7. The van der Waals surface area contributed by atoms with Crippen LogP contribution >= 0.6 is 24.0 Å². The van der Waals surface area contributed by atoms with E-state index in [4.69, 9.17) is 0 Å². The van der Waals surface area contributed by atoms with Gasteiger partial charge in [-0.3, -0.25) is 4.99 Å². The number of piperidine rings is 1. The summed E-state index contributed by atoms with van der Waals surface area (Å²) in [5, 5.41) is 6.88. The molecule has 1 aliphatic rings. The van der Waals surface area contributed by atoms with E-state index in [1.165, 1.54) is 11.9 Å². The zero-order valence-electron chi connectivity index (χ0n) is 17.4. The highest BCUT2D eigenvalue weighted by Gasteiger charge is 2.23. The maximum Gasteiger partial charge on any atom is 0.191 e. The molecule has 1 saturated heterocycles. The smallest absolute Gasteiger partial charge is 0.191 e. The highest BCUT2D eigenvalue weighted by molar-refractivity contribution is 14.0. The number of para-hydroxylation sites is 1. The summed E-state index contributed by atoms with van der Waals surface area (Å²) in [5.74, 6) is 1.01. The standard InChI is InChI=1S/C20H34N4O2S.HI/c1-20(2,12-15-27(4,25)26)16-22-19(21-3)23-17-10-13-24(14-11-17)18-8-6-5-7-9-18;/h5-9,17H,10-16H2,1-4H3,(H2,21,22,23);1H. The molecule has 1 aliphatic heterocycles. The lowest BCUT2D eigenvalue weighted by molar-refractivity contribution is 0.346. The molecule has 0 bridgehead atoms. The summed E-state index contributed by atoms with van der Waals surface area (Å²) in [7, 11) is -1.15. The van der Waals surface area contributed by atoms with Crippen LogP contribution in [0.3, 0.4) is 0 Å². The van der Waals surface area contributed by atoms with E-state index >= 15 is 0 Å². The molecular formula is C20H35IN4O2S. The van der Waals surface area contributed by atoms with E-state index < -0.39 is 9.84 Å². The summed E-state index contributed by atoms with van der Waals surface area (Å²) in [5.41, 5.74) is 1.17. The van der Waals surface area contributed by atoms with Crippen LogP contribution in [0.4, 0.5) is 5.69 Å². The van der Waals surface area contributed by atoms with Gasteiger partial charge in [0.05, 0.1) is 5.75 Å². The van der Waals surface area contributed by atoms with Crippen molar-refractivity contribution in [2.75, 3.05) is 43.6 Å². The first-order valence-corrected chi connectivity index (χ1v) is 11.7. The molecule has 0 aromatic heterocycles. The molecule has 1 heterocycles. The van der Waals surface area contributed by atoms with Crippen LogP contribution in [0.2, 0.25) is 0 Å². The Morgan fingerprint density at radius 2 is 1.82 bits per heavy atom. The van der Waals surface area contributed by atoms with Gasteiger partial charge in [-0.1, -0.05) is 32.0 Å². The van der Waals surface area contributed by atoms with Gasteiger partial charge >= 0.3 is 0 Å². The van der Waals surface area contributed by atoms with Gasteiger partial charge in [0.15, 0.2) is 5.96 Å². The van der Waals surface area contributed by atoms with Crippen LogP contribution < -0.4 is 15.5 Å². The second-order valence-corrected chi connectivity index (χ2v) is 10.5. The van der Waals surface area contributed by atoms with Crippen molar-refractivity contribution in [2.45, 2.75) is 39.2 Å². The number of hydrogen-bond acceptors (Lipinski definition) is 4. The summed E-state index contributed by atoms with van der Waals surface area (Å²) in [6, 6.07) is 10.9. The first-order chi connectivity index (χ1) is 12.7. The number of halogens is 1. The maximum atomic E-state index is 11.4. The van der Waals surface area contributed by atoms with Crippen molar-refractivity contribution < 1.29 is 8.42 Å². The van der Waals surface area contributed by atoms with E-state index in [1.54, 1.807) is 7.05 Å². The molecule has 0 saturated carbocycles. The van der Waals surface area contributed by atoms with Crippen LogP contribution in [0, 0.1) is 5.41 Å². The highest BCUT2D eigenvalue weighted by atomic mass is 127. The van der Waals surface area contributed by atoms with Crippen molar-refractivity contribution >= 4 is 45.5 Å². The SMILES string of the molecule is CN=C(NCC(C)(C)CCS(C)(=O)=O)NC1CCN(c2ccccc2)CC1.I. The fraction of sp³-hybridized carbons (Fsp3) is 0.650. The van der Waals surface area contributed by atoms with Crippen LogP contribution in [0.25, 0.3) is 0 Å². The molecule has 6 nitrogen and oxygen atoms in total. The Morgan fingerprint density at radius 3 is 2.36 bits per heavy atom. The second kappa shape index (κ2) is 11.2. The monoisotopic (exact) mass is 522 g/mol. The number of anilines is 1. The Morgan fingerprint density at radius 1 is 1.21 bits per heavy atom. The molecule has 1 aromatic rings. The first kappa shape index (κ1) is 25.0. The van der Waals surface area contributed by atoms with E-state index in [2.05, 4.69) is 58.6 Å². The first-order valence-electron chi connectivity index (χ1n) is 9.63. The van der Waals surface area contributed by atoms with Gasteiger partial charge in [0.1, 0.15) is 9.84 Å². The molecule has 0 spiro atoms. The van der Waals surface area contributed by atoms with Gasteiger partial charge in [0.2, 0.25) is 0 Å². The van der Waals surface area contributed by atoms with Crippen LogP contribution in [-0.2, 0) is 9.84 Å². The molecule has 8 heteroatoms. The molecule has 2 N–H and O–H groups in total. The Labute approximate surface area is 187 Å². The molecule has 28 heavy (non-hydrogen) atoms. The maximum absolute atomic E-state index is 11.4. The van der Waals surface area contributed by atoms with Crippen molar-refractivity contribution in [1.29, 1.82) is 0 Å². The molecule has 0 unspecified atom stereocenters. The molecule has 1 aromatic carbocycles. The summed E-state index contributed by atoms with van der Waals surface area (Å²) >= 11 is 0. The predicted octanol–water partition coefficient (Wildman–Crippen LogP) is 2.90. The van der Waals surface area contributed by atoms with Gasteiger partial charge in [-0.25, -0.2) is 8.42 Å². The topological polar surface area (TPSA) is 73.8 Å². The molecule has 0 amide bonds. The van der Waals surface area contributed by atoms with Crippen molar-refractivity contribution in [3.63, 3.8) is 0 Å². The van der Waals surface area contributed by atoms with Crippen molar-refractivity contribution in [1.82, 2.24) is 10.6 Å². The lowest BCUT2D eigenvalue weighted by Gasteiger charge is -2.35. The molecule has 0 radical (unpaired) electrons. The Hall–Kier alpha value is -1.03. The fourth-order valence-corrected chi connectivity index (χ4v) is 4.11. The molecule has 0 atom stereocenters. The number of nitrogens with one attached hydrogen (secondary N) is 2.